The number of Topliss-reactive ketones (excluding diaryl/α,β-unsaturated/α-hetero) is 1. The van der Waals surface area contributed by atoms with Gasteiger partial charge in [-0.05, 0) is 48.9 Å². The first-order valence-corrected chi connectivity index (χ1v) is 10.7. The minimum absolute atomic E-state index is 0.192. The van der Waals surface area contributed by atoms with Crippen molar-refractivity contribution in [2.75, 3.05) is 10.2 Å². The van der Waals surface area contributed by atoms with Gasteiger partial charge in [-0.25, -0.2) is 0 Å². The lowest BCUT2D eigenvalue weighted by molar-refractivity contribution is -0.114. The summed E-state index contributed by atoms with van der Waals surface area (Å²) in [5, 5.41) is 3.24. The molecule has 0 spiro atoms. The highest BCUT2D eigenvalue weighted by atomic mass is 16.3. The van der Waals surface area contributed by atoms with Crippen LogP contribution in [0.4, 0.5) is 11.4 Å². The summed E-state index contributed by atoms with van der Waals surface area (Å²) in [6, 6.07) is 29.4. The topological polar surface area (TPSA) is 62.6 Å². The average Bonchev–Trinajstić information content (AvgIpc) is 3.49. The Morgan fingerprint density at radius 1 is 0.848 bits per heavy atom. The summed E-state index contributed by atoms with van der Waals surface area (Å²) in [5.74, 6) is -0.405. The van der Waals surface area contributed by atoms with E-state index in [1.165, 1.54) is 6.26 Å². The van der Waals surface area contributed by atoms with Gasteiger partial charge in [-0.1, -0.05) is 66.2 Å². The summed E-state index contributed by atoms with van der Waals surface area (Å²) in [7, 11) is 0. The van der Waals surface area contributed by atoms with Crippen molar-refractivity contribution in [3.05, 3.63) is 131 Å². The van der Waals surface area contributed by atoms with Crippen LogP contribution in [0.15, 0.2) is 119 Å². The van der Waals surface area contributed by atoms with Crippen molar-refractivity contribution in [2.45, 2.75) is 13.0 Å². The predicted molar refractivity (Wildman–Crippen MR) is 128 cm³/mol. The third-order valence-electron chi connectivity index (χ3n) is 5.69. The van der Waals surface area contributed by atoms with Gasteiger partial charge in [-0.2, -0.15) is 0 Å². The smallest absolute Gasteiger partial charge is 0.276 e. The molecule has 0 bridgehead atoms. The zero-order valence-electron chi connectivity index (χ0n) is 18.1. The summed E-state index contributed by atoms with van der Waals surface area (Å²) in [4.78, 5) is 29.2. The van der Waals surface area contributed by atoms with E-state index >= 15 is 0 Å². The quantitative estimate of drug-likeness (QED) is 0.382. The van der Waals surface area contributed by atoms with E-state index in [0.717, 1.165) is 16.8 Å². The number of rotatable bonds is 6. The summed E-state index contributed by atoms with van der Waals surface area (Å²) in [6.45, 7) is 2.00. The molecule has 162 valence electrons. The largest absolute Gasteiger partial charge is 0.461 e. The second-order valence-corrected chi connectivity index (χ2v) is 7.91. The lowest BCUT2D eigenvalue weighted by Gasteiger charge is -2.27. The van der Waals surface area contributed by atoms with E-state index in [9.17, 15) is 9.59 Å². The van der Waals surface area contributed by atoms with Crippen molar-refractivity contribution in [1.29, 1.82) is 0 Å². The van der Waals surface area contributed by atoms with Crippen molar-refractivity contribution in [2.24, 2.45) is 0 Å². The van der Waals surface area contributed by atoms with Gasteiger partial charge in [-0.15, -0.1) is 0 Å². The number of furan rings is 1. The molecule has 1 aliphatic heterocycles. The number of anilines is 2. The number of hydrogen-bond donors (Lipinski definition) is 1. The number of hydrogen-bond acceptors (Lipinski definition) is 4. The summed E-state index contributed by atoms with van der Waals surface area (Å²) in [6.07, 6.45) is 1.46. The van der Waals surface area contributed by atoms with Gasteiger partial charge in [0.25, 0.3) is 5.91 Å². The van der Waals surface area contributed by atoms with Crippen LogP contribution in [0.3, 0.4) is 0 Å². The fraction of sp³-hybridized carbons (Fsp3) is 0.0714. The molecule has 0 fully saturated rings. The molecule has 1 atom stereocenters. The first kappa shape index (κ1) is 20.5. The first-order valence-electron chi connectivity index (χ1n) is 10.7. The van der Waals surface area contributed by atoms with Crippen LogP contribution in [0.2, 0.25) is 0 Å². The predicted octanol–water partition coefficient (Wildman–Crippen LogP) is 5.93. The van der Waals surface area contributed by atoms with Gasteiger partial charge in [0.05, 0.1) is 17.9 Å². The van der Waals surface area contributed by atoms with Gasteiger partial charge in [0.15, 0.2) is 5.76 Å². The molecular formula is C28H22N2O3. The standard InChI is InChI=1S/C28H22N2O3/c1-19-14-16-21(17-15-19)29-25-24(27(31)23-13-8-18-33-23)26(20-9-4-2-5-10-20)30(28(25)32)22-11-6-3-7-12-22/h2-18,26,29H,1H3/t26-/m1/s1. The molecule has 5 rings (SSSR count). The molecule has 0 saturated carbocycles. The SMILES string of the molecule is Cc1ccc(NC2=C(C(=O)c3ccco3)[C@@H](c3ccccc3)N(c3ccccc3)C2=O)cc1. The molecular weight excluding hydrogens is 412 g/mol. The monoisotopic (exact) mass is 434 g/mol. The third-order valence-corrected chi connectivity index (χ3v) is 5.69. The first-order chi connectivity index (χ1) is 16.1. The molecule has 0 radical (unpaired) electrons. The van der Waals surface area contributed by atoms with Crippen LogP contribution < -0.4 is 10.2 Å². The maximum atomic E-state index is 13.9. The zero-order valence-corrected chi connectivity index (χ0v) is 18.1. The average molecular weight is 434 g/mol. The fourth-order valence-corrected chi connectivity index (χ4v) is 4.10. The Labute approximate surface area is 192 Å². The van der Waals surface area contributed by atoms with Crippen molar-refractivity contribution in [3.8, 4) is 0 Å². The summed E-state index contributed by atoms with van der Waals surface area (Å²) < 4.78 is 5.44. The lowest BCUT2D eigenvalue weighted by Crippen LogP contribution is -2.31. The maximum absolute atomic E-state index is 13.9. The molecule has 5 nitrogen and oxygen atoms in total. The van der Waals surface area contributed by atoms with Crippen LogP contribution in [0.1, 0.15) is 27.7 Å². The molecule has 3 aromatic carbocycles. The van der Waals surface area contributed by atoms with Gasteiger partial charge >= 0.3 is 0 Å². The fourth-order valence-electron chi connectivity index (χ4n) is 4.10. The van der Waals surface area contributed by atoms with Crippen LogP contribution in [-0.2, 0) is 4.79 Å². The van der Waals surface area contributed by atoms with Gasteiger partial charge in [0.2, 0.25) is 5.78 Å². The van der Waals surface area contributed by atoms with Gasteiger partial charge in [0.1, 0.15) is 5.70 Å². The van der Waals surface area contributed by atoms with Crippen LogP contribution in [0.5, 0.6) is 0 Å². The van der Waals surface area contributed by atoms with Gasteiger partial charge in [0, 0.05) is 11.4 Å². The maximum Gasteiger partial charge on any atom is 0.276 e. The second-order valence-electron chi connectivity index (χ2n) is 7.91. The molecule has 5 heteroatoms. The molecule has 1 N–H and O–H groups in total. The number of nitrogens with zero attached hydrogens (tertiary/aromatic N) is 1. The van der Waals surface area contributed by atoms with Crippen molar-refractivity contribution in [3.63, 3.8) is 0 Å². The molecule has 1 amide bonds. The Morgan fingerprint density at radius 2 is 1.52 bits per heavy atom. The van der Waals surface area contributed by atoms with E-state index in [2.05, 4.69) is 5.32 Å². The molecule has 0 unspecified atom stereocenters. The van der Waals surface area contributed by atoms with E-state index in [4.69, 9.17) is 4.42 Å². The number of aryl methyl sites for hydroxylation is 1. The Kier molecular flexibility index (Phi) is 5.37. The van der Waals surface area contributed by atoms with Crippen molar-refractivity contribution < 1.29 is 14.0 Å². The molecule has 1 aliphatic rings. The molecule has 4 aromatic rings. The third kappa shape index (κ3) is 3.85. The number of benzene rings is 3. The Bertz CT molecular complexity index is 1310. The number of para-hydroxylation sites is 1. The summed E-state index contributed by atoms with van der Waals surface area (Å²) in [5.41, 5.74) is 3.98. The number of carbonyl (C=O) groups excluding carboxylic acids is 2. The molecule has 1 aromatic heterocycles. The van der Waals surface area contributed by atoms with E-state index in [1.807, 2.05) is 91.9 Å². The van der Waals surface area contributed by atoms with Crippen molar-refractivity contribution in [1.82, 2.24) is 0 Å². The highest BCUT2D eigenvalue weighted by Gasteiger charge is 2.45. The van der Waals surface area contributed by atoms with Crippen LogP contribution in [-0.4, -0.2) is 11.7 Å². The molecule has 33 heavy (non-hydrogen) atoms. The molecule has 0 aliphatic carbocycles. The van der Waals surface area contributed by atoms with Crippen LogP contribution in [0, 0.1) is 6.92 Å². The van der Waals surface area contributed by atoms with E-state index < -0.39 is 6.04 Å². The number of amides is 1. The van der Waals surface area contributed by atoms with E-state index in [1.54, 1.807) is 17.0 Å². The minimum Gasteiger partial charge on any atom is -0.461 e. The highest BCUT2D eigenvalue weighted by Crippen LogP contribution is 2.42. The molecule has 2 heterocycles. The Balaban J connectivity index is 1.71. The zero-order chi connectivity index (χ0) is 22.8. The van der Waals surface area contributed by atoms with Crippen molar-refractivity contribution >= 4 is 23.1 Å². The minimum atomic E-state index is -0.605. The second kappa shape index (κ2) is 8.63. The number of nitrogens with one attached hydrogen (secondary N) is 1. The highest BCUT2D eigenvalue weighted by molar-refractivity contribution is 6.22. The normalized spacial score (nSPS) is 15.7. The summed E-state index contributed by atoms with van der Waals surface area (Å²) >= 11 is 0. The van der Waals surface area contributed by atoms with Crippen LogP contribution >= 0.6 is 0 Å². The van der Waals surface area contributed by atoms with Crippen LogP contribution in [0.25, 0.3) is 0 Å². The van der Waals surface area contributed by atoms with Gasteiger partial charge in [-0.3, -0.25) is 14.5 Å². The number of carbonyl (C=O) groups is 2. The lowest BCUT2D eigenvalue weighted by atomic mass is 9.94. The number of ketones is 1. The Morgan fingerprint density at radius 3 is 2.15 bits per heavy atom. The van der Waals surface area contributed by atoms with E-state index in [0.29, 0.717) is 11.3 Å². The Hall–Kier alpha value is -4.38. The van der Waals surface area contributed by atoms with Gasteiger partial charge < -0.3 is 9.73 Å². The molecule has 0 saturated heterocycles. The van der Waals surface area contributed by atoms with E-state index in [-0.39, 0.29) is 23.1 Å².